The molecule has 0 aromatic heterocycles. The van der Waals surface area contributed by atoms with Gasteiger partial charge in [0.05, 0.1) is 18.9 Å². The summed E-state index contributed by atoms with van der Waals surface area (Å²) in [5.74, 6) is -2.08. The van der Waals surface area contributed by atoms with Gasteiger partial charge in [-0.1, -0.05) is 6.42 Å². The average Bonchev–Trinajstić information content (AvgIpc) is 2.63. The van der Waals surface area contributed by atoms with Crippen LogP contribution >= 0.6 is 0 Å². The highest BCUT2D eigenvalue weighted by atomic mass is 16.7. The van der Waals surface area contributed by atoms with Crippen molar-refractivity contribution in [3.8, 4) is 0 Å². The van der Waals surface area contributed by atoms with Crippen LogP contribution in [0.3, 0.4) is 0 Å². The first-order valence-electron chi connectivity index (χ1n) is 4.62. The van der Waals surface area contributed by atoms with Crippen molar-refractivity contribution in [1.29, 1.82) is 0 Å². The van der Waals surface area contributed by atoms with E-state index in [-0.39, 0.29) is 5.91 Å². The molecule has 0 heterocycles. The Morgan fingerprint density at radius 1 is 1.36 bits per heavy atom. The molecule has 0 bridgehead atoms. The maximum Gasteiger partial charge on any atom is 0.307 e. The third kappa shape index (κ3) is 2.04. The Morgan fingerprint density at radius 2 is 1.93 bits per heavy atom. The SMILES string of the molecule is CON(C)C(=O)[C@@H]1CCC[C@@H]1C(=O)O. The molecule has 1 aliphatic rings. The largest absolute Gasteiger partial charge is 0.481 e. The molecule has 1 amide bonds. The summed E-state index contributed by atoms with van der Waals surface area (Å²) in [6.07, 6.45) is 2.03. The van der Waals surface area contributed by atoms with Crippen LogP contribution in [0.1, 0.15) is 19.3 Å². The molecule has 1 N–H and O–H groups in total. The van der Waals surface area contributed by atoms with Crippen molar-refractivity contribution < 1.29 is 19.5 Å². The minimum atomic E-state index is -0.884. The van der Waals surface area contributed by atoms with E-state index in [1.807, 2.05) is 0 Å². The van der Waals surface area contributed by atoms with Crippen LogP contribution in [-0.2, 0) is 14.4 Å². The van der Waals surface area contributed by atoms with E-state index in [1.54, 1.807) is 0 Å². The third-order valence-corrected chi connectivity index (χ3v) is 2.73. The second-order valence-corrected chi connectivity index (χ2v) is 3.50. The van der Waals surface area contributed by atoms with Crippen LogP contribution in [0, 0.1) is 11.8 Å². The molecule has 0 aromatic rings. The fourth-order valence-corrected chi connectivity index (χ4v) is 1.87. The number of carboxylic acids is 1. The van der Waals surface area contributed by atoms with Crippen LogP contribution in [-0.4, -0.2) is 36.2 Å². The lowest BCUT2D eigenvalue weighted by molar-refractivity contribution is -0.176. The molecule has 80 valence electrons. The van der Waals surface area contributed by atoms with Crippen molar-refractivity contribution in [3.63, 3.8) is 0 Å². The van der Waals surface area contributed by atoms with Gasteiger partial charge in [-0.3, -0.25) is 14.4 Å². The van der Waals surface area contributed by atoms with E-state index in [4.69, 9.17) is 9.94 Å². The van der Waals surface area contributed by atoms with E-state index < -0.39 is 17.8 Å². The van der Waals surface area contributed by atoms with E-state index in [9.17, 15) is 9.59 Å². The summed E-state index contributed by atoms with van der Waals surface area (Å²) in [6.45, 7) is 0. The molecule has 0 radical (unpaired) electrons. The van der Waals surface area contributed by atoms with Crippen LogP contribution in [0.2, 0.25) is 0 Å². The number of hydroxylamine groups is 2. The first kappa shape index (κ1) is 11.0. The maximum atomic E-state index is 11.6. The van der Waals surface area contributed by atoms with Gasteiger partial charge in [-0.15, -0.1) is 0 Å². The highest BCUT2D eigenvalue weighted by Crippen LogP contribution is 2.33. The Hall–Kier alpha value is -1.10. The number of nitrogens with zero attached hydrogens (tertiary/aromatic N) is 1. The molecule has 1 saturated carbocycles. The summed E-state index contributed by atoms with van der Waals surface area (Å²) in [6, 6.07) is 0. The molecule has 0 unspecified atom stereocenters. The highest BCUT2D eigenvalue weighted by molar-refractivity contribution is 5.84. The van der Waals surface area contributed by atoms with Crippen molar-refractivity contribution in [2.24, 2.45) is 11.8 Å². The number of carbonyl (C=O) groups excluding carboxylic acids is 1. The van der Waals surface area contributed by atoms with E-state index in [2.05, 4.69) is 0 Å². The Balaban J connectivity index is 2.67. The van der Waals surface area contributed by atoms with Gasteiger partial charge in [-0.05, 0) is 12.8 Å². The quantitative estimate of drug-likeness (QED) is 0.675. The number of carbonyl (C=O) groups is 2. The molecule has 0 aromatic carbocycles. The van der Waals surface area contributed by atoms with E-state index in [1.165, 1.54) is 14.2 Å². The van der Waals surface area contributed by atoms with E-state index in [0.717, 1.165) is 11.5 Å². The smallest absolute Gasteiger partial charge is 0.307 e. The van der Waals surface area contributed by atoms with Crippen molar-refractivity contribution in [3.05, 3.63) is 0 Å². The Bertz CT molecular complexity index is 241. The lowest BCUT2D eigenvalue weighted by Gasteiger charge is -2.20. The van der Waals surface area contributed by atoms with Crippen LogP contribution in [0.5, 0.6) is 0 Å². The van der Waals surface area contributed by atoms with E-state index in [0.29, 0.717) is 12.8 Å². The molecule has 1 rings (SSSR count). The zero-order chi connectivity index (χ0) is 10.7. The standard InChI is InChI=1S/C9H15NO4/c1-10(14-2)8(11)6-4-3-5-7(6)9(12)13/h6-7H,3-5H2,1-2H3,(H,12,13)/t6-,7+/m1/s1. The molecule has 5 nitrogen and oxygen atoms in total. The third-order valence-electron chi connectivity index (χ3n) is 2.73. The van der Waals surface area contributed by atoms with Gasteiger partial charge in [0.2, 0.25) is 5.91 Å². The summed E-state index contributed by atoms with van der Waals surface area (Å²) in [5, 5.41) is 9.98. The minimum absolute atomic E-state index is 0.239. The normalized spacial score (nSPS) is 26.1. The minimum Gasteiger partial charge on any atom is -0.481 e. The zero-order valence-corrected chi connectivity index (χ0v) is 8.40. The van der Waals surface area contributed by atoms with Crippen molar-refractivity contribution >= 4 is 11.9 Å². The predicted molar refractivity (Wildman–Crippen MR) is 48.2 cm³/mol. The second kappa shape index (κ2) is 4.41. The molecule has 0 saturated heterocycles. The lowest BCUT2D eigenvalue weighted by Crippen LogP contribution is -2.36. The van der Waals surface area contributed by atoms with Crippen LogP contribution in [0.4, 0.5) is 0 Å². The summed E-state index contributed by atoms with van der Waals surface area (Å²) >= 11 is 0. The topological polar surface area (TPSA) is 66.8 Å². The molecular formula is C9H15NO4. The van der Waals surface area contributed by atoms with Crippen molar-refractivity contribution in [1.82, 2.24) is 5.06 Å². The van der Waals surface area contributed by atoms with Gasteiger partial charge in [-0.2, -0.15) is 0 Å². The summed E-state index contributed by atoms with van der Waals surface area (Å²) in [4.78, 5) is 27.2. The number of hydrogen-bond acceptors (Lipinski definition) is 3. The number of aliphatic carboxylic acids is 1. The maximum absolute atomic E-state index is 11.6. The molecule has 2 atom stereocenters. The second-order valence-electron chi connectivity index (χ2n) is 3.50. The summed E-state index contributed by atoms with van der Waals surface area (Å²) < 4.78 is 0. The Labute approximate surface area is 82.6 Å². The summed E-state index contributed by atoms with van der Waals surface area (Å²) in [7, 11) is 2.89. The van der Waals surface area contributed by atoms with Gasteiger partial charge >= 0.3 is 5.97 Å². The van der Waals surface area contributed by atoms with Crippen molar-refractivity contribution in [2.45, 2.75) is 19.3 Å². The fraction of sp³-hybridized carbons (Fsp3) is 0.778. The average molecular weight is 201 g/mol. The number of amides is 1. The molecule has 0 spiro atoms. The molecule has 1 fully saturated rings. The van der Waals surface area contributed by atoms with Crippen molar-refractivity contribution in [2.75, 3.05) is 14.2 Å². The fourth-order valence-electron chi connectivity index (χ4n) is 1.87. The lowest BCUT2D eigenvalue weighted by atomic mass is 9.95. The zero-order valence-electron chi connectivity index (χ0n) is 8.40. The van der Waals surface area contributed by atoms with Crippen LogP contribution in [0.15, 0.2) is 0 Å². The first-order chi connectivity index (χ1) is 6.57. The summed E-state index contributed by atoms with van der Waals surface area (Å²) in [5.41, 5.74) is 0. The molecule has 1 aliphatic carbocycles. The monoisotopic (exact) mass is 201 g/mol. The van der Waals surface area contributed by atoms with Crippen LogP contribution in [0.25, 0.3) is 0 Å². The van der Waals surface area contributed by atoms with E-state index >= 15 is 0 Å². The van der Waals surface area contributed by atoms with Gasteiger partial charge in [-0.25, -0.2) is 5.06 Å². The molecule has 0 aliphatic heterocycles. The number of rotatable bonds is 3. The molecule has 5 heteroatoms. The molecular weight excluding hydrogens is 186 g/mol. The molecule has 14 heavy (non-hydrogen) atoms. The highest BCUT2D eigenvalue weighted by Gasteiger charge is 2.39. The Morgan fingerprint density at radius 3 is 2.43 bits per heavy atom. The predicted octanol–water partition coefficient (Wildman–Crippen LogP) is 0.507. The van der Waals surface area contributed by atoms with Crippen LogP contribution < -0.4 is 0 Å². The van der Waals surface area contributed by atoms with Gasteiger partial charge < -0.3 is 5.11 Å². The van der Waals surface area contributed by atoms with Gasteiger partial charge in [0, 0.05) is 7.05 Å². The number of hydrogen-bond donors (Lipinski definition) is 1. The number of carboxylic acid groups (broad SMARTS) is 1. The van der Waals surface area contributed by atoms with Gasteiger partial charge in [0.25, 0.3) is 0 Å². The van der Waals surface area contributed by atoms with Gasteiger partial charge in [0.1, 0.15) is 0 Å². The Kier molecular flexibility index (Phi) is 3.46. The van der Waals surface area contributed by atoms with Gasteiger partial charge in [0.15, 0.2) is 0 Å². The first-order valence-corrected chi connectivity index (χ1v) is 4.62.